The third-order valence-corrected chi connectivity index (χ3v) is 5.22. The number of benzene rings is 1. The molecule has 5 heteroatoms. The SMILES string of the molecule is CCCc1nc(CN2CCN(c3ccc(OC)cc3)CC2)cs1. The van der Waals surface area contributed by atoms with Gasteiger partial charge in [0.2, 0.25) is 0 Å². The molecule has 3 rings (SSSR count). The van der Waals surface area contributed by atoms with Crippen molar-refractivity contribution >= 4 is 17.0 Å². The molecule has 1 aliphatic heterocycles. The third kappa shape index (κ3) is 4.24. The fourth-order valence-corrected chi connectivity index (χ4v) is 3.83. The number of thiazole rings is 1. The van der Waals surface area contributed by atoms with E-state index in [1.165, 1.54) is 22.8 Å². The zero-order valence-corrected chi connectivity index (χ0v) is 14.8. The van der Waals surface area contributed by atoms with Crippen LogP contribution in [-0.4, -0.2) is 43.2 Å². The molecule has 0 radical (unpaired) electrons. The van der Waals surface area contributed by atoms with Gasteiger partial charge < -0.3 is 9.64 Å². The molecule has 0 atom stereocenters. The molecule has 1 aliphatic rings. The third-order valence-electron chi connectivity index (χ3n) is 4.26. The van der Waals surface area contributed by atoms with Gasteiger partial charge >= 0.3 is 0 Å². The number of piperazine rings is 1. The molecule has 0 saturated carbocycles. The number of rotatable bonds is 6. The summed E-state index contributed by atoms with van der Waals surface area (Å²) in [6, 6.07) is 8.36. The van der Waals surface area contributed by atoms with Crippen LogP contribution in [0.3, 0.4) is 0 Å². The first-order chi connectivity index (χ1) is 11.3. The molecule has 0 spiro atoms. The van der Waals surface area contributed by atoms with Crippen LogP contribution >= 0.6 is 11.3 Å². The van der Waals surface area contributed by atoms with Crippen molar-refractivity contribution in [1.82, 2.24) is 9.88 Å². The van der Waals surface area contributed by atoms with Gasteiger partial charge in [-0.3, -0.25) is 4.90 Å². The molecule has 0 aliphatic carbocycles. The molecule has 1 aromatic carbocycles. The van der Waals surface area contributed by atoms with Gasteiger partial charge in [0.25, 0.3) is 0 Å². The van der Waals surface area contributed by atoms with Crippen molar-refractivity contribution in [3.63, 3.8) is 0 Å². The van der Waals surface area contributed by atoms with Gasteiger partial charge in [-0.2, -0.15) is 0 Å². The summed E-state index contributed by atoms with van der Waals surface area (Å²) >= 11 is 1.80. The normalized spacial score (nSPS) is 15.8. The molecule has 0 amide bonds. The number of methoxy groups -OCH3 is 1. The highest BCUT2D eigenvalue weighted by molar-refractivity contribution is 7.09. The lowest BCUT2D eigenvalue weighted by atomic mass is 10.2. The summed E-state index contributed by atoms with van der Waals surface area (Å²) in [5, 5.41) is 3.50. The fraction of sp³-hybridized carbons (Fsp3) is 0.500. The lowest BCUT2D eigenvalue weighted by molar-refractivity contribution is 0.247. The van der Waals surface area contributed by atoms with E-state index in [1.54, 1.807) is 18.4 Å². The van der Waals surface area contributed by atoms with Crippen molar-refractivity contribution in [2.45, 2.75) is 26.3 Å². The Balaban J connectivity index is 1.51. The number of aryl methyl sites for hydroxylation is 1. The Kier molecular flexibility index (Phi) is 5.51. The second-order valence-electron chi connectivity index (χ2n) is 5.94. The topological polar surface area (TPSA) is 28.6 Å². The van der Waals surface area contributed by atoms with Gasteiger partial charge in [-0.15, -0.1) is 11.3 Å². The molecule has 4 nitrogen and oxygen atoms in total. The molecular weight excluding hydrogens is 306 g/mol. The number of anilines is 1. The summed E-state index contributed by atoms with van der Waals surface area (Å²) in [6.45, 7) is 7.51. The number of hydrogen-bond donors (Lipinski definition) is 0. The van der Waals surface area contributed by atoms with E-state index in [1.807, 2.05) is 12.1 Å². The Hall–Kier alpha value is -1.59. The maximum atomic E-state index is 5.23. The van der Waals surface area contributed by atoms with Crippen LogP contribution in [0.2, 0.25) is 0 Å². The van der Waals surface area contributed by atoms with E-state index in [2.05, 4.69) is 34.2 Å². The summed E-state index contributed by atoms with van der Waals surface area (Å²) < 4.78 is 5.23. The highest BCUT2D eigenvalue weighted by atomic mass is 32.1. The van der Waals surface area contributed by atoms with E-state index in [4.69, 9.17) is 9.72 Å². The van der Waals surface area contributed by atoms with Gasteiger partial charge in [-0.25, -0.2) is 4.98 Å². The fourth-order valence-electron chi connectivity index (χ4n) is 2.94. The summed E-state index contributed by atoms with van der Waals surface area (Å²) in [5.74, 6) is 0.916. The van der Waals surface area contributed by atoms with Crippen LogP contribution in [0.5, 0.6) is 5.75 Å². The van der Waals surface area contributed by atoms with Crippen molar-refractivity contribution in [3.8, 4) is 5.75 Å². The predicted molar refractivity (Wildman–Crippen MR) is 96.6 cm³/mol. The molecule has 0 N–H and O–H groups in total. The van der Waals surface area contributed by atoms with Gasteiger partial charge in [0, 0.05) is 43.8 Å². The van der Waals surface area contributed by atoms with Gasteiger partial charge in [0.05, 0.1) is 17.8 Å². The second kappa shape index (κ2) is 7.79. The largest absolute Gasteiger partial charge is 0.497 e. The first kappa shape index (κ1) is 16.3. The van der Waals surface area contributed by atoms with Crippen LogP contribution in [0.1, 0.15) is 24.0 Å². The van der Waals surface area contributed by atoms with Crippen molar-refractivity contribution in [1.29, 1.82) is 0 Å². The minimum atomic E-state index is 0.916. The van der Waals surface area contributed by atoms with Crippen LogP contribution in [0.25, 0.3) is 0 Å². The predicted octanol–water partition coefficient (Wildman–Crippen LogP) is 3.43. The van der Waals surface area contributed by atoms with Crippen molar-refractivity contribution < 1.29 is 4.74 Å². The highest BCUT2D eigenvalue weighted by Gasteiger charge is 2.18. The summed E-state index contributed by atoms with van der Waals surface area (Å²) in [6.07, 6.45) is 2.28. The maximum absolute atomic E-state index is 5.23. The van der Waals surface area contributed by atoms with Gasteiger partial charge in [-0.05, 0) is 37.1 Å². The van der Waals surface area contributed by atoms with E-state index in [0.717, 1.165) is 44.9 Å². The van der Waals surface area contributed by atoms with Gasteiger partial charge in [-0.1, -0.05) is 6.92 Å². The number of aromatic nitrogens is 1. The Bertz CT molecular complexity index is 603. The number of hydrogen-bond acceptors (Lipinski definition) is 5. The molecule has 124 valence electrons. The number of nitrogens with zero attached hydrogens (tertiary/aromatic N) is 3. The molecule has 1 saturated heterocycles. The maximum Gasteiger partial charge on any atom is 0.119 e. The van der Waals surface area contributed by atoms with Crippen LogP contribution in [0.4, 0.5) is 5.69 Å². The Morgan fingerprint density at radius 1 is 1.13 bits per heavy atom. The van der Waals surface area contributed by atoms with E-state index in [0.29, 0.717) is 0 Å². The zero-order valence-electron chi connectivity index (χ0n) is 14.0. The van der Waals surface area contributed by atoms with Gasteiger partial charge in [0.1, 0.15) is 5.75 Å². The van der Waals surface area contributed by atoms with Gasteiger partial charge in [0.15, 0.2) is 0 Å². The Morgan fingerprint density at radius 2 is 1.87 bits per heavy atom. The molecule has 23 heavy (non-hydrogen) atoms. The number of ether oxygens (including phenoxy) is 1. The van der Waals surface area contributed by atoms with Crippen LogP contribution in [0.15, 0.2) is 29.6 Å². The molecule has 0 unspecified atom stereocenters. The molecule has 0 bridgehead atoms. The van der Waals surface area contributed by atoms with Crippen LogP contribution < -0.4 is 9.64 Å². The molecule has 2 heterocycles. The first-order valence-corrected chi connectivity index (χ1v) is 9.21. The lowest BCUT2D eigenvalue weighted by Crippen LogP contribution is -2.46. The van der Waals surface area contributed by atoms with Crippen molar-refractivity contribution in [2.24, 2.45) is 0 Å². The second-order valence-corrected chi connectivity index (χ2v) is 6.89. The van der Waals surface area contributed by atoms with E-state index in [9.17, 15) is 0 Å². The van der Waals surface area contributed by atoms with Crippen LogP contribution in [0, 0.1) is 0 Å². The first-order valence-electron chi connectivity index (χ1n) is 8.33. The average molecular weight is 331 g/mol. The van der Waals surface area contributed by atoms with E-state index in [-0.39, 0.29) is 0 Å². The minimum absolute atomic E-state index is 0.916. The quantitative estimate of drug-likeness (QED) is 0.811. The molecule has 2 aromatic rings. The summed E-state index contributed by atoms with van der Waals surface area (Å²) in [7, 11) is 1.71. The van der Waals surface area contributed by atoms with Crippen LogP contribution in [-0.2, 0) is 13.0 Å². The Morgan fingerprint density at radius 3 is 2.52 bits per heavy atom. The lowest BCUT2D eigenvalue weighted by Gasteiger charge is -2.35. The minimum Gasteiger partial charge on any atom is -0.497 e. The van der Waals surface area contributed by atoms with E-state index < -0.39 is 0 Å². The monoisotopic (exact) mass is 331 g/mol. The standard InChI is InChI=1S/C18H25N3OS/c1-3-4-18-19-15(14-23-18)13-20-9-11-21(12-10-20)16-5-7-17(22-2)8-6-16/h5-8,14H,3-4,9-13H2,1-2H3. The smallest absolute Gasteiger partial charge is 0.119 e. The summed E-state index contributed by atoms with van der Waals surface area (Å²) in [5.41, 5.74) is 2.51. The van der Waals surface area contributed by atoms with Crippen molar-refractivity contribution in [2.75, 3.05) is 38.2 Å². The molecular formula is C18H25N3OS. The van der Waals surface area contributed by atoms with E-state index >= 15 is 0 Å². The zero-order chi connectivity index (χ0) is 16.1. The average Bonchev–Trinajstić information content (AvgIpc) is 3.03. The Labute approximate surface area is 142 Å². The molecule has 1 fully saturated rings. The molecule has 1 aromatic heterocycles. The summed E-state index contributed by atoms with van der Waals surface area (Å²) in [4.78, 5) is 9.69. The highest BCUT2D eigenvalue weighted by Crippen LogP contribution is 2.21. The van der Waals surface area contributed by atoms with Crippen molar-refractivity contribution in [3.05, 3.63) is 40.3 Å².